The monoisotopic (exact) mass is 200 g/mol. The van der Waals surface area contributed by atoms with Crippen LogP contribution in [0.25, 0.3) is 0 Å². The van der Waals surface area contributed by atoms with E-state index in [4.69, 9.17) is 4.74 Å². The summed E-state index contributed by atoms with van der Waals surface area (Å²) in [6.07, 6.45) is 3.27. The molecule has 0 unspecified atom stereocenters. The van der Waals surface area contributed by atoms with Gasteiger partial charge >= 0.3 is 0 Å². The minimum absolute atomic E-state index is 0.855. The fourth-order valence-electron chi connectivity index (χ4n) is 1.67. The summed E-state index contributed by atoms with van der Waals surface area (Å²) < 4.78 is 4.99. The molecule has 1 rings (SSSR count). The standard InChI is InChI=1S/C10H20N2O2/c1-14-9-3-2-4-11-5-7-12(10-13)8-6-11/h10H,2-9H2,1H3. The van der Waals surface area contributed by atoms with E-state index < -0.39 is 0 Å². The first kappa shape index (κ1) is 11.5. The number of carbonyl (C=O) groups is 1. The second-order valence-electron chi connectivity index (χ2n) is 3.68. The van der Waals surface area contributed by atoms with Crippen molar-refractivity contribution < 1.29 is 9.53 Å². The highest BCUT2D eigenvalue weighted by molar-refractivity contribution is 5.47. The molecule has 0 saturated carbocycles. The number of piperazine rings is 1. The van der Waals surface area contributed by atoms with Gasteiger partial charge in [0.2, 0.25) is 6.41 Å². The summed E-state index contributed by atoms with van der Waals surface area (Å²) in [5, 5.41) is 0. The number of carbonyl (C=O) groups excluding carboxylic acids is 1. The van der Waals surface area contributed by atoms with E-state index in [0.717, 1.165) is 52.2 Å². The van der Waals surface area contributed by atoms with Gasteiger partial charge in [0, 0.05) is 39.9 Å². The summed E-state index contributed by atoms with van der Waals surface area (Å²) >= 11 is 0. The quantitative estimate of drug-likeness (QED) is 0.453. The third-order valence-electron chi connectivity index (χ3n) is 2.63. The van der Waals surface area contributed by atoms with Crippen LogP contribution in [0.4, 0.5) is 0 Å². The molecule has 0 aliphatic carbocycles. The highest BCUT2D eigenvalue weighted by Gasteiger charge is 2.13. The minimum atomic E-state index is 0.855. The van der Waals surface area contributed by atoms with Crippen molar-refractivity contribution in [3.8, 4) is 0 Å². The van der Waals surface area contributed by atoms with E-state index in [1.165, 1.54) is 6.42 Å². The predicted octanol–water partition coefficient (Wildman–Crippen LogP) is 0.187. The van der Waals surface area contributed by atoms with E-state index in [1.807, 2.05) is 4.90 Å². The summed E-state index contributed by atoms with van der Waals surface area (Å²) in [7, 11) is 1.74. The van der Waals surface area contributed by atoms with Gasteiger partial charge in [0.25, 0.3) is 0 Å². The van der Waals surface area contributed by atoms with Crippen LogP contribution in [0.2, 0.25) is 0 Å². The molecule has 0 radical (unpaired) electrons. The molecule has 4 nitrogen and oxygen atoms in total. The Balaban J connectivity index is 2.01. The lowest BCUT2D eigenvalue weighted by molar-refractivity contribution is -0.119. The normalized spacial score (nSPS) is 18.5. The van der Waals surface area contributed by atoms with E-state index in [9.17, 15) is 4.79 Å². The van der Waals surface area contributed by atoms with Crippen LogP contribution in [0.5, 0.6) is 0 Å². The van der Waals surface area contributed by atoms with Crippen LogP contribution in [0.15, 0.2) is 0 Å². The Kier molecular flexibility index (Phi) is 5.56. The van der Waals surface area contributed by atoms with E-state index in [-0.39, 0.29) is 0 Å². The van der Waals surface area contributed by atoms with Gasteiger partial charge in [0.1, 0.15) is 0 Å². The van der Waals surface area contributed by atoms with Gasteiger partial charge in [0.05, 0.1) is 0 Å². The Labute approximate surface area is 85.8 Å². The summed E-state index contributed by atoms with van der Waals surface area (Å²) in [6, 6.07) is 0. The number of rotatable bonds is 6. The van der Waals surface area contributed by atoms with Crippen molar-refractivity contribution in [1.29, 1.82) is 0 Å². The Morgan fingerprint density at radius 2 is 1.93 bits per heavy atom. The molecule has 0 bridgehead atoms. The molecule has 0 spiro atoms. The van der Waals surface area contributed by atoms with Crippen molar-refractivity contribution in [2.75, 3.05) is 46.4 Å². The topological polar surface area (TPSA) is 32.8 Å². The number of methoxy groups -OCH3 is 1. The number of amides is 1. The van der Waals surface area contributed by atoms with Gasteiger partial charge in [0.15, 0.2) is 0 Å². The molecule has 14 heavy (non-hydrogen) atoms. The molecule has 0 aromatic carbocycles. The van der Waals surface area contributed by atoms with Gasteiger partial charge in [-0.2, -0.15) is 0 Å². The highest BCUT2D eigenvalue weighted by atomic mass is 16.5. The highest BCUT2D eigenvalue weighted by Crippen LogP contribution is 2.01. The maximum absolute atomic E-state index is 10.5. The molecule has 1 heterocycles. The molecule has 0 aromatic heterocycles. The van der Waals surface area contributed by atoms with Crippen molar-refractivity contribution >= 4 is 6.41 Å². The SMILES string of the molecule is COCCCCN1CCN(C=O)CC1. The third kappa shape index (κ3) is 4.07. The van der Waals surface area contributed by atoms with Gasteiger partial charge in [-0.05, 0) is 19.4 Å². The van der Waals surface area contributed by atoms with Crippen LogP contribution in [0.1, 0.15) is 12.8 Å². The maximum Gasteiger partial charge on any atom is 0.209 e. The van der Waals surface area contributed by atoms with Crippen molar-refractivity contribution in [2.24, 2.45) is 0 Å². The van der Waals surface area contributed by atoms with Gasteiger partial charge in [-0.25, -0.2) is 0 Å². The van der Waals surface area contributed by atoms with E-state index in [2.05, 4.69) is 4.90 Å². The first-order chi connectivity index (χ1) is 6.86. The van der Waals surface area contributed by atoms with Gasteiger partial charge < -0.3 is 9.64 Å². The number of nitrogens with zero attached hydrogens (tertiary/aromatic N) is 2. The Bertz CT molecular complexity index is 156. The molecule has 0 N–H and O–H groups in total. The second-order valence-corrected chi connectivity index (χ2v) is 3.68. The zero-order valence-electron chi connectivity index (χ0n) is 8.95. The molecule has 1 fully saturated rings. The number of unbranched alkanes of at least 4 members (excludes halogenated alkanes) is 1. The Hall–Kier alpha value is -0.610. The van der Waals surface area contributed by atoms with Crippen LogP contribution in [-0.2, 0) is 9.53 Å². The molecular weight excluding hydrogens is 180 g/mol. The zero-order chi connectivity index (χ0) is 10.2. The fourth-order valence-corrected chi connectivity index (χ4v) is 1.67. The molecule has 4 heteroatoms. The average molecular weight is 200 g/mol. The number of hydrogen-bond donors (Lipinski definition) is 0. The molecule has 82 valence electrons. The zero-order valence-corrected chi connectivity index (χ0v) is 8.95. The lowest BCUT2D eigenvalue weighted by Crippen LogP contribution is -2.45. The van der Waals surface area contributed by atoms with Crippen molar-refractivity contribution in [3.05, 3.63) is 0 Å². The van der Waals surface area contributed by atoms with E-state index >= 15 is 0 Å². The van der Waals surface area contributed by atoms with Crippen molar-refractivity contribution in [1.82, 2.24) is 9.80 Å². The maximum atomic E-state index is 10.5. The smallest absolute Gasteiger partial charge is 0.209 e. The molecule has 1 saturated heterocycles. The average Bonchev–Trinajstić information content (AvgIpc) is 2.25. The lowest BCUT2D eigenvalue weighted by Gasteiger charge is -2.32. The van der Waals surface area contributed by atoms with Crippen LogP contribution in [0.3, 0.4) is 0 Å². The summed E-state index contributed by atoms with van der Waals surface area (Å²) in [5.41, 5.74) is 0. The van der Waals surface area contributed by atoms with Crippen LogP contribution < -0.4 is 0 Å². The molecule has 1 aliphatic rings. The molecule has 1 aliphatic heterocycles. The summed E-state index contributed by atoms with van der Waals surface area (Å²) in [4.78, 5) is 14.7. The minimum Gasteiger partial charge on any atom is -0.385 e. The third-order valence-corrected chi connectivity index (χ3v) is 2.63. The van der Waals surface area contributed by atoms with Gasteiger partial charge in [-0.15, -0.1) is 0 Å². The van der Waals surface area contributed by atoms with Crippen molar-refractivity contribution in [3.63, 3.8) is 0 Å². The predicted molar refractivity (Wildman–Crippen MR) is 55.2 cm³/mol. The molecular formula is C10H20N2O2. The van der Waals surface area contributed by atoms with Gasteiger partial charge in [-0.3, -0.25) is 9.69 Å². The van der Waals surface area contributed by atoms with Crippen LogP contribution in [0, 0.1) is 0 Å². The fraction of sp³-hybridized carbons (Fsp3) is 0.900. The Morgan fingerprint density at radius 3 is 2.50 bits per heavy atom. The lowest BCUT2D eigenvalue weighted by atomic mass is 10.2. The summed E-state index contributed by atoms with van der Waals surface area (Å²) in [6.45, 7) is 5.79. The van der Waals surface area contributed by atoms with Crippen LogP contribution in [-0.4, -0.2) is 62.7 Å². The number of hydrogen-bond acceptors (Lipinski definition) is 3. The first-order valence-electron chi connectivity index (χ1n) is 5.27. The largest absolute Gasteiger partial charge is 0.385 e. The second kappa shape index (κ2) is 6.79. The number of ether oxygens (including phenoxy) is 1. The van der Waals surface area contributed by atoms with E-state index in [0.29, 0.717) is 0 Å². The first-order valence-corrected chi connectivity index (χ1v) is 5.27. The van der Waals surface area contributed by atoms with E-state index in [1.54, 1.807) is 7.11 Å². The Morgan fingerprint density at radius 1 is 1.21 bits per heavy atom. The van der Waals surface area contributed by atoms with Crippen molar-refractivity contribution in [2.45, 2.75) is 12.8 Å². The molecule has 0 aromatic rings. The van der Waals surface area contributed by atoms with Gasteiger partial charge in [-0.1, -0.05) is 0 Å². The van der Waals surface area contributed by atoms with Crippen LogP contribution >= 0.6 is 0 Å². The summed E-state index contributed by atoms with van der Waals surface area (Å²) in [5.74, 6) is 0. The molecule has 0 atom stereocenters. The molecule has 1 amide bonds.